The molecule has 1 aliphatic heterocycles. The Morgan fingerprint density at radius 3 is 2.46 bits per heavy atom. The Hall–Kier alpha value is -3.11. The fourth-order valence-corrected chi connectivity index (χ4v) is 5.77. The molecule has 0 radical (unpaired) electrons. The summed E-state index contributed by atoms with van der Waals surface area (Å²) in [5.74, 6) is -1.74. The van der Waals surface area contributed by atoms with Gasteiger partial charge in [-0.2, -0.15) is 0 Å². The lowest BCUT2D eigenvalue weighted by atomic mass is 9.96. The summed E-state index contributed by atoms with van der Waals surface area (Å²) in [6.45, 7) is 2.93. The van der Waals surface area contributed by atoms with Crippen LogP contribution in [-0.4, -0.2) is 34.8 Å². The fourth-order valence-electron chi connectivity index (χ4n) is 3.87. The second-order valence-corrected chi connectivity index (χ2v) is 10.1. The molecule has 2 aromatic carbocycles. The van der Waals surface area contributed by atoms with Crippen molar-refractivity contribution in [2.24, 2.45) is 4.99 Å². The van der Waals surface area contributed by atoms with Crippen molar-refractivity contribution in [1.29, 1.82) is 0 Å². The second-order valence-electron chi connectivity index (χ2n) is 7.82. The van der Waals surface area contributed by atoms with E-state index in [9.17, 15) is 14.4 Å². The minimum atomic E-state index is -1.18. The number of esters is 1. The smallest absolute Gasteiger partial charge is 0.341 e. The van der Waals surface area contributed by atoms with E-state index in [0.717, 1.165) is 11.3 Å². The highest BCUT2D eigenvalue weighted by molar-refractivity contribution is 7.07. The zero-order chi connectivity index (χ0) is 26.9. The normalized spacial score (nSPS) is 15.3. The number of nitrogens with zero attached hydrogens (tertiary/aromatic N) is 2. The van der Waals surface area contributed by atoms with Crippen LogP contribution in [0.4, 0.5) is 0 Å². The quantitative estimate of drug-likeness (QED) is 0.419. The molecule has 8 nitrogen and oxygen atoms in total. The molecule has 3 aromatic rings. The fraction of sp³-hybridized carbons (Fsp3) is 0.200. The molecule has 37 heavy (non-hydrogen) atoms. The monoisotopic (exact) mass is 580 g/mol. The number of ether oxygens (including phenoxy) is 2. The van der Waals surface area contributed by atoms with Gasteiger partial charge < -0.3 is 14.6 Å². The molecule has 1 aromatic heterocycles. The van der Waals surface area contributed by atoms with E-state index in [-0.39, 0.29) is 28.0 Å². The summed E-state index contributed by atoms with van der Waals surface area (Å²) in [5, 5.41) is 9.39. The number of hydrogen-bond donors (Lipinski definition) is 1. The predicted octanol–water partition coefficient (Wildman–Crippen LogP) is 4.22. The van der Waals surface area contributed by atoms with Gasteiger partial charge in [-0.15, -0.1) is 0 Å². The molecule has 1 N–H and O–H groups in total. The number of aliphatic carboxylic acids is 1. The highest BCUT2D eigenvalue weighted by atomic mass is 35.5. The number of thiazole rings is 1. The van der Waals surface area contributed by atoms with E-state index >= 15 is 0 Å². The van der Waals surface area contributed by atoms with Gasteiger partial charge in [-0.05, 0) is 49.2 Å². The maximum Gasteiger partial charge on any atom is 0.341 e. The highest BCUT2D eigenvalue weighted by Crippen LogP contribution is 2.35. The van der Waals surface area contributed by atoms with Gasteiger partial charge in [0.05, 0.1) is 32.5 Å². The molecule has 0 amide bonds. The van der Waals surface area contributed by atoms with E-state index in [0.29, 0.717) is 31.2 Å². The Morgan fingerprint density at radius 1 is 1.16 bits per heavy atom. The molecule has 192 valence electrons. The van der Waals surface area contributed by atoms with E-state index < -0.39 is 30.1 Å². The van der Waals surface area contributed by atoms with Crippen LogP contribution in [0, 0.1) is 0 Å². The van der Waals surface area contributed by atoms with E-state index in [1.807, 2.05) is 0 Å². The summed E-state index contributed by atoms with van der Waals surface area (Å²) in [4.78, 5) is 42.3. The van der Waals surface area contributed by atoms with Crippen molar-refractivity contribution >= 4 is 64.2 Å². The number of hydrogen-bond acceptors (Lipinski definition) is 7. The van der Waals surface area contributed by atoms with Crippen molar-refractivity contribution in [2.45, 2.75) is 19.9 Å². The van der Waals surface area contributed by atoms with Crippen molar-refractivity contribution in [3.63, 3.8) is 0 Å². The lowest BCUT2D eigenvalue weighted by molar-refractivity contribution is -0.140. The first-order valence-electron chi connectivity index (χ1n) is 10.9. The molecule has 0 aliphatic carbocycles. The van der Waals surface area contributed by atoms with Gasteiger partial charge in [0.1, 0.15) is 6.04 Å². The standard InChI is InChI=1S/C25H19Cl3N2O6S/c1-3-35-24(34)20-12(2)29-25-30(21(20)14-6-4-5-7-15(14)26)23(33)18(37-25)10-13-8-16(27)22(17(28)9-13)36-11-19(31)32/h4-10,21H,3,11H2,1-2H3,(H,31,32)/b18-10-. The van der Waals surface area contributed by atoms with Gasteiger partial charge in [-0.3, -0.25) is 9.36 Å². The third-order valence-electron chi connectivity index (χ3n) is 5.38. The van der Waals surface area contributed by atoms with E-state index in [2.05, 4.69) is 4.99 Å². The number of benzene rings is 2. The molecular weight excluding hydrogens is 563 g/mol. The molecule has 0 fully saturated rings. The Bertz CT molecular complexity index is 1600. The number of aromatic nitrogens is 1. The minimum Gasteiger partial charge on any atom is -0.479 e. The zero-order valence-corrected chi connectivity index (χ0v) is 22.5. The van der Waals surface area contributed by atoms with Crippen LogP contribution in [-0.2, 0) is 14.3 Å². The summed E-state index contributed by atoms with van der Waals surface area (Å²) in [7, 11) is 0. The summed E-state index contributed by atoms with van der Waals surface area (Å²) >= 11 is 20.1. The number of allylic oxidation sites excluding steroid dienone is 1. The number of halogens is 3. The van der Waals surface area contributed by atoms with Crippen LogP contribution in [0.5, 0.6) is 5.75 Å². The molecule has 1 unspecified atom stereocenters. The number of carbonyl (C=O) groups excluding carboxylic acids is 1. The largest absolute Gasteiger partial charge is 0.479 e. The maximum atomic E-state index is 13.7. The number of fused-ring (bicyclic) bond motifs is 1. The first-order valence-corrected chi connectivity index (χ1v) is 12.8. The number of rotatable bonds is 7. The average Bonchev–Trinajstić information content (AvgIpc) is 3.12. The van der Waals surface area contributed by atoms with Crippen molar-refractivity contribution in [2.75, 3.05) is 13.2 Å². The Morgan fingerprint density at radius 2 is 1.84 bits per heavy atom. The van der Waals surface area contributed by atoms with Gasteiger partial charge in [-0.25, -0.2) is 14.6 Å². The lowest BCUT2D eigenvalue weighted by Gasteiger charge is -2.25. The molecule has 0 saturated carbocycles. The van der Waals surface area contributed by atoms with Crippen LogP contribution < -0.4 is 19.6 Å². The van der Waals surface area contributed by atoms with Gasteiger partial charge >= 0.3 is 11.9 Å². The molecule has 4 rings (SSSR count). The second kappa shape index (κ2) is 11.1. The third kappa shape index (κ3) is 5.45. The van der Waals surface area contributed by atoms with Crippen LogP contribution in [0.2, 0.25) is 15.1 Å². The van der Waals surface area contributed by atoms with Gasteiger partial charge in [0, 0.05) is 5.02 Å². The minimum absolute atomic E-state index is 0.0257. The SMILES string of the molecule is CCOC(=O)C1=C(C)N=c2s/c(=C\c3cc(Cl)c(OCC(=O)O)c(Cl)c3)c(=O)n2C1c1ccccc1Cl. The first kappa shape index (κ1) is 26.9. The van der Waals surface area contributed by atoms with Crippen LogP contribution in [0.3, 0.4) is 0 Å². The van der Waals surface area contributed by atoms with Gasteiger partial charge in [0.25, 0.3) is 5.56 Å². The topological polar surface area (TPSA) is 107 Å². The zero-order valence-electron chi connectivity index (χ0n) is 19.5. The molecule has 1 aliphatic rings. The number of carboxylic acid groups (broad SMARTS) is 1. The summed E-state index contributed by atoms with van der Waals surface area (Å²) in [6.07, 6.45) is 1.58. The lowest BCUT2D eigenvalue weighted by Crippen LogP contribution is -2.40. The van der Waals surface area contributed by atoms with E-state index in [4.69, 9.17) is 49.4 Å². The molecule has 0 spiro atoms. The maximum absolute atomic E-state index is 13.7. The Kier molecular flexibility index (Phi) is 8.08. The van der Waals surface area contributed by atoms with Crippen LogP contribution in [0.25, 0.3) is 6.08 Å². The molecular formula is C25H19Cl3N2O6S. The molecule has 2 heterocycles. The van der Waals surface area contributed by atoms with Crippen molar-refractivity contribution in [3.8, 4) is 5.75 Å². The predicted molar refractivity (Wildman–Crippen MR) is 141 cm³/mol. The Labute approximate surface area is 229 Å². The van der Waals surface area contributed by atoms with Crippen molar-refractivity contribution < 1.29 is 24.2 Å². The van der Waals surface area contributed by atoms with E-state index in [1.165, 1.54) is 16.7 Å². The summed E-state index contributed by atoms with van der Waals surface area (Å²) < 4.78 is 12.1. The summed E-state index contributed by atoms with van der Waals surface area (Å²) in [6, 6.07) is 9.12. The van der Waals surface area contributed by atoms with Crippen LogP contribution >= 0.6 is 46.1 Å². The van der Waals surface area contributed by atoms with E-state index in [1.54, 1.807) is 44.2 Å². The van der Waals surface area contributed by atoms with Crippen molar-refractivity contribution in [3.05, 3.63) is 93.6 Å². The number of carbonyl (C=O) groups is 2. The third-order valence-corrected chi connectivity index (χ3v) is 7.26. The number of carboxylic acids is 1. The average molecular weight is 582 g/mol. The van der Waals surface area contributed by atoms with Gasteiger partial charge in [-0.1, -0.05) is 64.3 Å². The van der Waals surface area contributed by atoms with Gasteiger partial charge in [0.15, 0.2) is 17.2 Å². The van der Waals surface area contributed by atoms with Gasteiger partial charge in [0.2, 0.25) is 0 Å². The molecule has 0 saturated heterocycles. The first-order chi connectivity index (χ1) is 17.6. The van der Waals surface area contributed by atoms with Crippen molar-refractivity contribution in [1.82, 2.24) is 4.57 Å². The van der Waals surface area contributed by atoms with Crippen LogP contribution in [0.1, 0.15) is 31.0 Å². The Balaban J connectivity index is 1.88. The summed E-state index contributed by atoms with van der Waals surface area (Å²) in [5.41, 5.74) is 1.28. The molecule has 1 atom stereocenters. The van der Waals surface area contributed by atoms with Crippen LogP contribution in [0.15, 0.2) is 57.5 Å². The molecule has 12 heteroatoms. The highest BCUT2D eigenvalue weighted by Gasteiger charge is 2.34. The molecule has 0 bridgehead atoms.